The monoisotopic (exact) mass is 352 g/mol. The summed E-state index contributed by atoms with van der Waals surface area (Å²) in [6.07, 6.45) is 5.16. The van der Waals surface area contributed by atoms with E-state index in [2.05, 4.69) is 34.0 Å². The van der Waals surface area contributed by atoms with Gasteiger partial charge in [-0.3, -0.25) is 4.79 Å². The molecule has 0 radical (unpaired) electrons. The SMILES string of the molecule is CCCCC(=O)C[S+](C)C(C)(C)C.O=S(=O)([O-])C(F)(F)F. The molecule has 0 aliphatic heterocycles. The van der Waals surface area contributed by atoms with E-state index in [0.29, 0.717) is 10.5 Å². The maximum absolute atomic E-state index is 11.5. The molecule has 9 heteroatoms. The second-order valence-electron chi connectivity index (χ2n) is 5.44. The Kier molecular flexibility index (Phi) is 9.85. The third-order valence-corrected chi connectivity index (χ3v) is 5.93. The topological polar surface area (TPSA) is 74.3 Å². The Morgan fingerprint density at radius 1 is 1.19 bits per heavy atom. The largest absolute Gasteiger partial charge is 0.741 e. The number of alkyl halides is 3. The lowest BCUT2D eigenvalue weighted by molar-refractivity contribution is -0.116. The van der Waals surface area contributed by atoms with Crippen molar-refractivity contribution in [3.8, 4) is 0 Å². The van der Waals surface area contributed by atoms with Crippen LogP contribution >= 0.6 is 0 Å². The standard InChI is InChI=1S/C11H23OS.CHF3O3S/c1-6-7-8-10(12)9-13(5)11(2,3)4;2-1(3,4)8(5,6)7/h6-9H2,1-5H3;(H,5,6,7)/q+1;/p-1. The van der Waals surface area contributed by atoms with Crippen molar-refractivity contribution in [3.63, 3.8) is 0 Å². The van der Waals surface area contributed by atoms with Gasteiger partial charge in [-0.1, -0.05) is 13.3 Å². The van der Waals surface area contributed by atoms with E-state index in [4.69, 9.17) is 13.0 Å². The molecule has 0 aliphatic rings. The first-order valence-electron chi connectivity index (χ1n) is 6.29. The molecule has 0 aromatic carbocycles. The average molecular weight is 352 g/mol. The fraction of sp³-hybridized carbons (Fsp3) is 0.917. The van der Waals surface area contributed by atoms with Gasteiger partial charge in [-0.05, 0) is 38.1 Å². The predicted molar refractivity (Wildman–Crippen MR) is 78.2 cm³/mol. The van der Waals surface area contributed by atoms with Gasteiger partial charge in [0.2, 0.25) is 0 Å². The quantitative estimate of drug-likeness (QED) is 0.433. The van der Waals surface area contributed by atoms with Crippen LogP contribution in [0.15, 0.2) is 0 Å². The van der Waals surface area contributed by atoms with Crippen LogP contribution in [0, 0.1) is 0 Å². The van der Waals surface area contributed by atoms with Gasteiger partial charge in [0.15, 0.2) is 21.7 Å². The Labute approximate surface area is 127 Å². The van der Waals surface area contributed by atoms with E-state index in [1.165, 1.54) is 0 Å². The highest BCUT2D eigenvalue weighted by molar-refractivity contribution is 7.98. The minimum Gasteiger partial charge on any atom is -0.741 e. The molecule has 0 aliphatic carbocycles. The first-order chi connectivity index (χ1) is 9.13. The van der Waals surface area contributed by atoms with Crippen LogP contribution in [0.4, 0.5) is 13.2 Å². The molecule has 0 heterocycles. The van der Waals surface area contributed by atoms with Crippen LogP contribution in [0.3, 0.4) is 0 Å². The van der Waals surface area contributed by atoms with Crippen molar-refractivity contribution >= 4 is 26.8 Å². The molecule has 0 rings (SSSR count). The van der Waals surface area contributed by atoms with E-state index in [-0.39, 0.29) is 10.9 Å². The van der Waals surface area contributed by atoms with Crippen molar-refractivity contribution in [1.29, 1.82) is 0 Å². The number of carbonyl (C=O) groups excluding carboxylic acids is 1. The Bertz CT molecular complexity index is 411. The molecule has 0 fully saturated rings. The zero-order valence-electron chi connectivity index (χ0n) is 12.9. The van der Waals surface area contributed by atoms with Crippen LogP contribution in [0.25, 0.3) is 0 Å². The average Bonchev–Trinajstić information content (AvgIpc) is 2.23. The molecule has 0 aromatic heterocycles. The molecule has 0 saturated heterocycles. The highest BCUT2D eigenvalue weighted by Crippen LogP contribution is 2.20. The third kappa shape index (κ3) is 12.0. The van der Waals surface area contributed by atoms with Gasteiger partial charge in [0.1, 0.15) is 4.75 Å². The van der Waals surface area contributed by atoms with Crippen LogP contribution in [0.1, 0.15) is 47.0 Å². The summed E-state index contributed by atoms with van der Waals surface area (Å²) in [7, 11) is -5.86. The second-order valence-corrected chi connectivity index (χ2v) is 9.59. The lowest BCUT2D eigenvalue weighted by Crippen LogP contribution is -2.32. The first-order valence-corrected chi connectivity index (χ1v) is 9.50. The number of hydrogen-bond donors (Lipinski definition) is 0. The van der Waals surface area contributed by atoms with Gasteiger partial charge in [-0.15, -0.1) is 0 Å². The summed E-state index contributed by atoms with van der Waals surface area (Å²) in [5, 5.41) is 0. The minimum atomic E-state index is -6.09. The minimum absolute atomic E-state index is 0.230. The summed E-state index contributed by atoms with van der Waals surface area (Å²) in [5.41, 5.74) is -5.65. The Morgan fingerprint density at radius 2 is 1.57 bits per heavy atom. The van der Waals surface area contributed by atoms with Crippen molar-refractivity contribution in [3.05, 3.63) is 0 Å². The van der Waals surface area contributed by atoms with Gasteiger partial charge < -0.3 is 4.55 Å². The van der Waals surface area contributed by atoms with Gasteiger partial charge in [0.05, 0.1) is 6.26 Å². The molecular formula is C12H23F3O4S2. The number of halogens is 3. The summed E-state index contributed by atoms with van der Waals surface area (Å²) in [5.74, 6) is 1.23. The van der Waals surface area contributed by atoms with Crippen molar-refractivity contribution in [1.82, 2.24) is 0 Å². The highest BCUT2D eigenvalue weighted by atomic mass is 32.2. The third-order valence-electron chi connectivity index (χ3n) is 2.52. The fourth-order valence-corrected chi connectivity index (χ4v) is 1.96. The number of Topliss-reactive ketones (excluding diaryl/α,β-unsaturated/α-hetero) is 1. The molecule has 1 unspecified atom stereocenters. The molecule has 128 valence electrons. The van der Waals surface area contributed by atoms with Crippen LogP contribution in [0.2, 0.25) is 0 Å². The van der Waals surface area contributed by atoms with Gasteiger partial charge in [-0.25, -0.2) is 8.42 Å². The Morgan fingerprint density at radius 3 is 1.81 bits per heavy atom. The second kappa shape index (κ2) is 8.99. The number of unbranched alkanes of at least 4 members (excludes halogenated alkanes) is 1. The zero-order chi connectivity index (χ0) is 17.5. The van der Waals surface area contributed by atoms with Crippen molar-refractivity contribution in [2.24, 2.45) is 0 Å². The molecule has 0 bridgehead atoms. The van der Waals surface area contributed by atoms with Gasteiger partial charge in [0, 0.05) is 6.42 Å². The molecule has 0 N–H and O–H groups in total. The maximum Gasteiger partial charge on any atom is 0.485 e. The van der Waals surface area contributed by atoms with Gasteiger partial charge in [0.25, 0.3) is 0 Å². The zero-order valence-corrected chi connectivity index (χ0v) is 14.5. The molecule has 21 heavy (non-hydrogen) atoms. The first kappa shape index (κ1) is 23.0. The van der Waals surface area contributed by atoms with Crippen molar-refractivity contribution < 1.29 is 30.9 Å². The molecular weight excluding hydrogens is 329 g/mol. The van der Waals surface area contributed by atoms with Crippen LogP contribution in [-0.2, 0) is 25.8 Å². The summed E-state index contributed by atoms with van der Waals surface area (Å²) in [6, 6.07) is 0. The van der Waals surface area contributed by atoms with Crippen molar-refractivity contribution in [2.75, 3.05) is 12.0 Å². The van der Waals surface area contributed by atoms with E-state index in [1.54, 1.807) is 0 Å². The van der Waals surface area contributed by atoms with E-state index in [9.17, 15) is 18.0 Å². The molecule has 0 amide bonds. The summed E-state index contributed by atoms with van der Waals surface area (Å²) in [6.45, 7) is 8.76. The van der Waals surface area contributed by atoms with E-state index in [1.807, 2.05) is 0 Å². The number of hydrogen-bond acceptors (Lipinski definition) is 4. The summed E-state index contributed by atoms with van der Waals surface area (Å²) < 4.78 is 59.2. The Hall–Kier alpha value is -0.280. The van der Waals surface area contributed by atoms with Gasteiger partial charge in [-0.2, -0.15) is 13.2 Å². The fourth-order valence-electron chi connectivity index (χ4n) is 0.904. The number of ketones is 1. The maximum atomic E-state index is 11.5. The lowest BCUT2D eigenvalue weighted by Gasteiger charge is -2.17. The molecule has 0 aromatic rings. The number of rotatable bonds is 5. The molecule has 0 saturated carbocycles. The van der Waals surface area contributed by atoms with Crippen molar-refractivity contribution in [2.45, 2.75) is 57.2 Å². The van der Waals surface area contributed by atoms with Crippen LogP contribution in [-0.4, -0.2) is 41.0 Å². The van der Waals surface area contributed by atoms with Crippen LogP contribution < -0.4 is 0 Å². The van der Waals surface area contributed by atoms with E-state index in [0.717, 1.165) is 25.0 Å². The van der Waals surface area contributed by atoms with Gasteiger partial charge >= 0.3 is 5.51 Å². The predicted octanol–water partition coefficient (Wildman–Crippen LogP) is 2.84. The summed E-state index contributed by atoms with van der Waals surface area (Å²) in [4.78, 5) is 11.5. The highest BCUT2D eigenvalue weighted by Gasteiger charge is 2.37. The molecule has 1 atom stereocenters. The smallest absolute Gasteiger partial charge is 0.485 e. The lowest BCUT2D eigenvalue weighted by atomic mass is 10.2. The normalized spacial score (nSPS) is 14.1. The van der Waals surface area contributed by atoms with E-state index >= 15 is 0 Å². The number of carbonyl (C=O) groups is 1. The Balaban J connectivity index is 0. The summed E-state index contributed by atoms with van der Waals surface area (Å²) >= 11 is 0. The van der Waals surface area contributed by atoms with E-state index < -0.39 is 15.6 Å². The molecule has 0 spiro atoms. The molecule has 4 nitrogen and oxygen atoms in total. The van der Waals surface area contributed by atoms with Crippen LogP contribution in [0.5, 0.6) is 0 Å².